The normalized spacial score (nSPS) is 20.5. The monoisotopic (exact) mass is 429 g/mol. The number of aliphatic hydroxyl groups is 1. The van der Waals surface area contributed by atoms with Crippen molar-refractivity contribution >= 4 is 0 Å². The van der Waals surface area contributed by atoms with Gasteiger partial charge in [0.2, 0.25) is 0 Å². The predicted molar refractivity (Wildman–Crippen MR) is 123 cm³/mol. The van der Waals surface area contributed by atoms with E-state index < -0.39 is 5.60 Å². The zero-order valence-electron chi connectivity index (χ0n) is 19.2. The van der Waals surface area contributed by atoms with Crippen molar-refractivity contribution < 1.29 is 19.0 Å². The minimum absolute atomic E-state index is 0.0328. The molecule has 3 rings (SSSR count). The number of nitrogens with one attached hydrogen (secondary N) is 1. The van der Waals surface area contributed by atoms with E-state index in [2.05, 4.69) is 25.2 Å². The number of halogens is 1. The Morgan fingerprint density at radius 2 is 1.87 bits per heavy atom. The smallest absolute Gasteiger partial charge is 0.160 e. The maximum Gasteiger partial charge on any atom is 0.160 e. The van der Waals surface area contributed by atoms with Gasteiger partial charge in [-0.1, -0.05) is 26.0 Å². The Hall–Kier alpha value is -2.11. The van der Waals surface area contributed by atoms with Crippen LogP contribution in [-0.2, 0) is 12.8 Å². The second kappa shape index (κ2) is 10.5. The van der Waals surface area contributed by atoms with Crippen LogP contribution in [0.1, 0.15) is 55.7 Å². The van der Waals surface area contributed by atoms with Crippen LogP contribution in [0.4, 0.5) is 4.39 Å². The van der Waals surface area contributed by atoms with E-state index in [1.54, 1.807) is 20.3 Å². The number of methoxy groups -OCH3 is 2. The van der Waals surface area contributed by atoms with Crippen LogP contribution in [0.3, 0.4) is 0 Å². The summed E-state index contributed by atoms with van der Waals surface area (Å²) in [6.07, 6.45) is 4.06. The first-order valence-corrected chi connectivity index (χ1v) is 11.3. The van der Waals surface area contributed by atoms with Crippen molar-refractivity contribution in [1.29, 1.82) is 0 Å². The van der Waals surface area contributed by atoms with E-state index in [0.29, 0.717) is 18.8 Å². The molecule has 170 valence electrons. The van der Waals surface area contributed by atoms with Gasteiger partial charge in [-0.05, 0) is 92.1 Å². The van der Waals surface area contributed by atoms with E-state index >= 15 is 0 Å². The number of hydrogen-bond donors (Lipinski definition) is 2. The zero-order chi connectivity index (χ0) is 22.4. The molecule has 0 amide bonds. The number of fused-ring (bicyclic) bond motifs is 1. The van der Waals surface area contributed by atoms with E-state index in [0.717, 1.165) is 55.0 Å². The van der Waals surface area contributed by atoms with Crippen molar-refractivity contribution in [1.82, 2.24) is 5.32 Å². The fraction of sp³-hybridized carbons (Fsp3) is 0.538. The average molecular weight is 430 g/mol. The Bertz CT molecular complexity index is 870. The highest BCUT2D eigenvalue weighted by Crippen LogP contribution is 2.45. The minimum Gasteiger partial charge on any atom is -0.493 e. The summed E-state index contributed by atoms with van der Waals surface area (Å²) in [6.45, 7) is 5.94. The molecule has 0 aliphatic heterocycles. The van der Waals surface area contributed by atoms with E-state index in [4.69, 9.17) is 9.47 Å². The molecule has 4 nitrogen and oxygen atoms in total. The number of aryl methyl sites for hydroxylation is 2. The molecule has 5 heteroatoms. The van der Waals surface area contributed by atoms with Crippen LogP contribution in [0.15, 0.2) is 36.4 Å². The third kappa shape index (κ3) is 5.58. The van der Waals surface area contributed by atoms with Gasteiger partial charge in [-0.2, -0.15) is 0 Å². The zero-order valence-corrected chi connectivity index (χ0v) is 19.2. The van der Waals surface area contributed by atoms with Gasteiger partial charge in [-0.3, -0.25) is 0 Å². The molecule has 2 aromatic carbocycles. The molecule has 2 aromatic rings. The molecule has 1 aliphatic carbocycles. The summed E-state index contributed by atoms with van der Waals surface area (Å²) in [7, 11) is 3.29. The average Bonchev–Trinajstić information content (AvgIpc) is 2.75. The molecular weight excluding hydrogens is 393 g/mol. The Labute approximate surface area is 185 Å². The quantitative estimate of drug-likeness (QED) is 0.529. The third-order valence-corrected chi connectivity index (χ3v) is 6.51. The first kappa shape index (κ1) is 23.6. The molecule has 2 N–H and O–H groups in total. The van der Waals surface area contributed by atoms with Crippen LogP contribution in [0.5, 0.6) is 11.5 Å². The maximum absolute atomic E-state index is 13.7. The Morgan fingerprint density at radius 3 is 2.58 bits per heavy atom. The molecule has 2 atom stereocenters. The second-order valence-electron chi connectivity index (χ2n) is 8.96. The standard InChI is InChI=1S/C26H36FNO3/c1-18(2)25-22-9-8-21(27)17-20(22)11-12-26(25,29)13-15-28-14-5-6-19-7-10-23(30-3)24(16-19)31-4/h7-10,16-18,25,28-29H,5-6,11-15H2,1-4H3/t25-,26-/m0/s1. The third-order valence-electron chi connectivity index (χ3n) is 6.51. The summed E-state index contributed by atoms with van der Waals surface area (Å²) >= 11 is 0. The second-order valence-corrected chi connectivity index (χ2v) is 8.96. The molecule has 0 aromatic heterocycles. The fourth-order valence-corrected chi connectivity index (χ4v) is 5.03. The summed E-state index contributed by atoms with van der Waals surface area (Å²) in [5.41, 5.74) is 2.62. The number of benzene rings is 2. The van der Waals surface area contributed by atoms with Gasteiger partial charge < -0.3 is 19.9 Å². The van der Waals surface area contributed by atoms with Crippen LogP contribution >= 0.6 is 0 Å². The van der Waals surface area contributed by atoms with Crippen molar-refractivity contribution in [3.05, 3.63) is 58.9 Å². The molecule has 0 spiro atoms. The molecule has 0 unspecified atom stereocenters. The van der Waals surface area contributed by atoms with E-state index in [1.165, 1.54) is 11.6 Å². The van der Waals surface area contributed by atoms with Crippen molar-refractivity contribution in [2.45, 2.75) is 57.5 Å². The molecule has 0 heterocycles. The summed E-state index contributed by atoms with van der Waals surface area (Å²) < 4.78 is 24.3. The highest BCUT2D eigenvalue weighted by Gasteiger charge is 2.42. The first-order chi connectivity index (χ1) is 14.9. The molecule has 31 heavy (non-hydrogen) atoms. The summed E-state index contributed by atoms with van der Waals surface area (Å²) in [6, 6.07) is 11.1. The lowest BCUT2D eigenvalue weighted by Gasteiger charge is -2.44. The van der Waals surface area contributed by atoms with Gasteiger partial charge in [0.25, 0.3) is 0 Å². The van der Waals surface area contributed by atoms with Gasteiger partial charge in [0.05, 0.1) is 19.8 Å². The van der Waals surface area contributed by atoms with Crippen molar-refractivity contribution in [3.63, 3.8) is 0 Å². The molecular formula is C26H36FNO3. The van der Waals surface area contributed by atoms with Crippen molar-refractivity contribution in [2.75, 3.05) is 27.3 Å². The minimum atomic E-state index is -0.755. The highest BCUT2D eigenvalue weighted by atomic mass is 19.1. The van der Waals surface area contributed by atoms with E-state index in [9.17, 15) is 9.50 Å². The van der Waals surface area contributed by atoms with Gasteiger partial charge >= 0.3 is 0 Å². The molecule has 0 bridgehead atoms. The van der Waals surface area contributed by atoms with Gasteiger partial charge in [0, 0.05) is 5.92 Å². The summed E-state index contributed by atoms with van der Waals surface area (Å²) in [4.78, 5) is 0. The lowest BCUT2D eigenvalue weighted by molar-refractivity contribution is -0.0241. The topological polar surface area (TPSA) is 50.7 Å². The molecule has 0 saturated heterocycles. The maximum atomic E-state index is 13.7. The van der Waals surface area contributed by atoms with Crippen LogP contribution in [0.25, 0.3) is 0 Å². The summed E-state index contributed by atoms with van der Waals surface area (Å²) in [5, 5.41) is 15.0. The van der Waals surface area contributed by atoms with Gasteiger partial charge in [0.15, 0.2) is 11.5 Å². The fourth-order valence-electron chi connectivity index (χ4n) is 5.03. The summed E-state index contributed by atoms with van der Waals surface area (Å²) in [5.74, 6) is 1.63. The molecule has 0 fully saturated rings. The van der Waals surface area contributed by atoms with Crippen LogP contribution in [0.2, 0.25) is 0 Å². The Kier molecular flexibility index (Phi) is 7.95. The van der Waals surface area contributed by atoms with Gasteiger partial charge in [-0.25, -0.2) is 4.39 Å². The van der Waals surface area contributed by atoms with E-state index in [-0.39, 0.29) is 11.7 Å². The number of hydrogen-bond acceptors (Lipinski definition) is 4. The molecule has 1 aliphatic rings. The first-order valence-electron chi connectivity index (χ1n) is 11.3. The predicted octanol–water partition coefficient (Wildman–Crippen LogP) is 4.87. The van der Waals surface area contributed by atoms with E-state index in [1.807, 2.05) is 18.2 Å². The van der Waals surface area contributed by atoms with Gasteiger partial charge in [-0.15, -0.1) is 0 Å². The lowest BCUT2D eigenvalue weighted by Crippen LogP contribution is -2.45. The SMILES string of the molecule is COc1ccc(CCCNCC[C@@]2(O)CCc3cc(F)ccc3[C@@H]2C(C)C)cc1OC. The molecule has 0 radical (unpaired) electrons. The lowest BCUT2D eigenvalue weighted by atomic mass is 9.66. The van der Waals surface area contributed by atoms with Crippen molar-refractivity contribution in [3.8, 4) is 11.5 Å². The Balaban J connectivity index is 1.50. The highest BCUT2D eigenvalue weighted by molar-refractivity contribution is 5.43. The number of rotatable bonds is 10. The molecule has 0 saturated carbocycles. The van der Waals surface area contributed by atoms with Crippen LogP contribution in [-0.4, -0.2) is 38.0 Å². The Morgan fingerprint density at radius 1 is 1.10 bits per heavy atom. The number of ether oxygens (including phenoxy) is 2. The largest absolute Gasteiger partial charge is 0.493 e. The van der Waals surface area contributed by atoms with Gasteiger partial charge in [0.1, 0.15) is 5.82 Å². The van der Waals surface area contributed by atoms with Crippen LogP contribution < -0.4 is 14.8 Å². The van der Waals surface area contributed by atoms with Crippen LogP contribution in [0, 0.1) is 11.7 Å². The van der Waals surface area contributed by atoms with Crippen molar-refractivity contribution in [2.24, 2.45) is 5.92 Å².